The first kappa shape index (κ1) is 17.6. The fourth-order valence-corrected chi connectivity index (χ4v) is 3.23. The van der Waals surface area contributed by atoms with E-state index in [9.17, 15) is 9.90 Å². The summed E-state index contributed by atoms with van der Waals surface area (Å²) in [4.78, 5) is 16.6. The molecular weight excluding hydrogens is 290 g/mol. The van der Waals surface area contributed by atoms with Crippen LogP contribution in [0.4, 0.5) is 16.2 Å². The highest BCUT2D eigenvalue weighted by Crippen LogP contribution is 2.26. The Hall–Kier alpha value is -1.75. The fourth-order valence-electron chi connectivity index (χ4n) is 3.23. The minimum atomic E-state index is -0.522. The summed E-state index contributed by atoms with van der Waals surface area (Å²) in [6.45, 7) is 2.11. The van der Waals surface area contributed by atoms with Gasteiger partial charge in [-0.2, -0.15) is 0 Å². The summed E-state index contributed by atoms with van der Waals surface area (Å²) >= 11 is 0. The van der Waals surface area contributed by atoms with Crippen molar-refractivity contribution in [2.75, 3.05) is 30.9 Å². The highest BCUT2D eigenvalue weighted by molar-refractivity contribution is 5.93. The number of amides is 2. The van der Waals surface area contributed by atoms with Crippen LogP contribution in [0.5, 0.6) is 0 Å². The van der Waals surface area contributed by atoms with Gasteiger partial charge in [0.25, 0.3) is 0 Å². The van der Waals surface area contributed by atoms with Crippen LogP contribution in [-0.2, 0) is 0 Å². The smallest absolute Gasteiger partial charge is 0.322 e. The molecule has 128 valence electrons. The van der Waals surface area contributed by atoms with Gasteiger partial charge in [0.2, 0.25) is 0 Å². The molecule has 1 aliphatic carbocycles. The molecular formula is C18H29N3O2. The van der Waals surface area contributed by atoms with Crippen molar-refractivity contribution < 1.29 is 9.90 Å². The molecule has 1 saturated carbocycles. The summed E-state index contributed by atoms with van der Waals surface area (Å²) < 4.78 is 0. The molecule has 2 N–H and O–H groups in total. The predicted octanol–water partition coefficient (Wildman–Crippen LogP) is 3.30. The van der Waals surface area contributed by atoms with Gasteiger partial charge in [-0.05, 0) is 31.9 Å². The van der Waals surface area contributed by atoms with Crippen molar-refractivity contribution in [1.29, 1.82) is 0 Å². The Morgan fingerprint density at radius 3 is 2.52 bits per heavy atom. The molecule has 0 radical (unpaired) electrons. The average molecular weight is 319 g/mol. The minimum absolute atomic E-state index is 0.118. The first-order valence-corrected chi connectivity index (χ1v) is 8.51. The topological polar surface area (TPSA) is 55.8 Å². The van der Waals surface area contributed by atoms with Gasteiger partial charge in [0.05, 0.1) is 17.5 Å². The van der Waals surface area contributed by atoms with Crippen molar-refractivity contribution in [3.05, 3.63) is 24.3 Å². The summed E-state index contributed by atoms with van der Waals surface area (Å²) in [5.41, 5.74) is 1.77. The summed E-state index contributed by atoms with van der Waals surface area (Å²) in [7, 11) is 3.92. The average Bonchev–Trinajstić information content (AvgIpc) is 2.53. The van der Waals surface area contributed by atoms with E-state index in [1.54, 1.807) is 6.92 Å². The quantitative estimate of drug-likeness (QED) is 0.875. The van der Waals surface area contributed by atoms with Crippen molar-refractivity contribution in [1.82, 2.24) is 4.90 Å². The van der Waals surface area contributed by atoms with E-state index in [2.05, 4.69) is 5.32 Å². The van der Waals surface area contributed by atoms with Gasteiger partial charge in [-0.15, -0.1) is 0 Å². The third kappa shape index (κ3) is 4.86. The third-order valence-corrected chi connectivity index (χ3v) is 4.36. The van der Waals surface area contributed by atoms with E-state index in [1.807, 2.05) is 48.2 Å². The van der Waals surface area contributed by atoms with Crippen LogP contribution in [0.1, 0.15) is 39.0 Å². The molecule has 5 nitrogen and oxygen atoms in total. The van der Waals surface area contributed by atoms with Crippen molar-refractivity contribution in [2.24, 2.45) is 0 Å². The molecule has 2 rings (SSSR count). The lowest BCUT2D eigenvalue weighted by molar-refractivity contribution is 0.105. The molecule has 0 saturated heterocycles. The molecule has 1 aromatic carbocycles. The van der Waals surface area contributed by atoms with Crippen LogP contribution in [0.15, 0.2) is 24.3 Å². The summed E-state index contributed by atoms with van der Waals surface area (Å²) in [6, 6.07) is 7.88. The maximum Gasteiger partial charge on any atom is 0.322 e. The molecule has 1 fully saturated rings. The number of carbonyl (C=O) groups excluding carboxylic acids is 1. The summed E-state index contributed by atoms with van der Waals surface area (Å²) in [5, 5.41) is 12.8. The maximum absolute atomic E-state index is 12.8. The zero-order chi connectivity index (χ0) is 16.8. The normalized spacial score (nSPS) is 16.7. The number of nitrogens with one attached hydrogen (secondary N) is 1. The van der Waals surface area contributed by atoms with Crippen molar-refractivity contribution in [2.45, 2.75) is 51.2 Å². The second kappa shape index (κ2) is 8.20. The molecule has 1 aromatic rings. The number of hydrogen-bond acceptors (Lipinski definition) is 3. The highest BCUT2D eigenvalue weighted by atomic mass is 16.3. The lowest BCUT2D eigenvalue weighted by Crippen LogP contribution is -2.47. The van der Waals surface area contributed by atoms with Crippen molar-refractivity contribution in [3.8, 4) is 0 Å². The Balaban J connectivity index is 2.14. The van der Waals surface area contributed by atoms with Gasteiger partial charge in [0.1, 0.15) is 0 Å². The molecule has 0 heterocycles. The molecule has 1 atom stereocenters. The van der Waals surface area contributed by atoms with E-state index in [-0.39, 0.29) is 12.1 Å². The zero-order valence-corrected chi connectivity index (χ0v) is 14.5. The Labute approximate surface area is 139 Å². The Kier molecular flexibility index (Phi) is 6.28. The number of aliphatic hydroxyl groups is 1. The van der Waals surface area contributed by atoms with Crippen LogP contribution in [-0.4, -0.2) is 48.8 Å². The number of para-hydroxylation sites is 2. The van der Waals surface area contributed by atoms with Gasteiger partial charge in [-0.25, -0.2) is 4.79 Å². The van der Waals surface area contributed by atoms with Crippen LogP contribution in [0.3, 0.4) is 0 Å². The Bertz CT molecular complexity index is 511. The number of benzene rings is 1. The van der Waals surface area contributed by atoms with Gasteiger partial charge < -0.3 is 20.2 Å². The van der Waals surface area contributed by atoms with E-state index < -0.39 is 6.10 Å². The lowest BCUT2D eigenvalue weighted by atomic mass is 9.94. The SMILES string of the molecule is C[C@H](O)CN(C(=O)Nc1ccccc1N(C)C)C1CCCCC1. The molecule has 5 heteroatoms. The molecule has 0 bridgehead atoms. The summed E-state index contributed by atoms with van der Waals surface area (Å²) in [5.74, 6) is 0. The van der Waals surface area contributed by atoms with Crippen molar-refractivity contribution >= 4 is 17.4 Å². The first-order chi connectivity index (χ1) is 11.0. The molecule has 2 amide bonds. The van der Waals surface area contributed by atoms with Crippen LogP contribution in [0.2, 0.25) is 0 Å². The summed E-state index contributed by atoms with van der Waals surface area (Å²) in [6.07, 6.45) is 5.08. The standard InChI is InChI=1S/C18H29N3O2/c1-14(22)13-21(15-9-5-4-6-10-15)18(23)19-16-11-7-8-12-17(16)20(2)3/h7-8,11-12,14-15,22H,4-6,9-10,13H2,1-3H3,(H,19,23)/t14-/m0/s1. The van der Waals surface area contributed by atoms with Crippen molar-refractivity contribution in [3.63, 3.8) is 0 Å². The minimum Gasteiger partial charge on any atom is -0.392 e. The molecule has 0 spiro atoms. The number of anilines is 2. The van der Waals surface area contributed by atoms with Gasteiger partial charge >= 0.3 is 6.03 Å². The largest absolute Gasteiger partial charge is 0.392 e. The van der Waals surface area contributed by atoms with E-state index in [1.165, 1.54) is 6.42 Å². The van der Waals surface area contributed by atoms with E-state index >= 15 is 0 Å². The van der Waals surface area contributed by atoms with E-state index in [0.717, 1.165) is 37.1 Å². The molecule has 23 heavy (non-hydrogen) atoms. The predicted molar refractivity (Wildman–Crippen MR) is 95.0 cm³/mol. The second-order valence-electron chi connectivity index (χ2n) is 6.63. The highest BCUT2D eigenvalue weighted by Gasteiger charge is 2.26. The van der Waals surface area contributed by atoms with Crippen LogP contribution in [0.25, 0.3) is 0 Å². The van der Waals surface area contributed by atoms with E-state index in [4.69, 9.17) is 0 Å². The number of urea groups is 1. The number of carbonyl (C=O) groups is 1. The van der Waals surface area contributed by atoms with Gasteiger partial charge in [-0.1, -0.05) is 31.4 Å². The second-order valence-corrected chi connectivity index (χ2v) is 6.63. The Morgan fingerprint density at radius 2 is 1.91 bits per heavy atom. The number of nitrogens with zero attached hydrogens (tertiary/aromatic N) is 2. The number of hydrogen-bond donors (Lipinski definition) is 2. The molecule has 0 aliphatic heterocycles. The van der Waals surface area contributed by atoms with Crippen LogP contribution in [0, 0.1) is 0 Å². The number of aliphatic hydroxyl groups excluding tert-OH is 1. The third-order valence-electron chi connectivity index (χ3n) is 4.36. The fraction of sp³-hybridized carbons (Fsp3) is 0.611. The monoisotopic (exact) mass is 319 g/mol. The first-order valence-electron chi connectivity index (χ1n) is 8.51. The van der Waals surface area contributed by atoms with Crippen LogP contribution >= 0.6 is 0 Å². The lowest BCUT2D eigenvalue weighted by Gasteiger charge is -2.35. The zero-order valence-electron chi connectivity index (χ0n) is 14.5. The Morgan fingerprint density at radius 1 is 1.26 bits per heavy atom. The number of rotatable bonds is 5. The molecule has 1 aliphatic rings. The van der Waals surface area contributed by atoms with Gasteiger partial charge in [-0.3, -0.25) is 0 Å². The van der Waals surface area contributed by atoms with Gasteiger partial charge in [0.15, 0.2) is 0 Å². The molecule has 0 aromatic heterocycles. The maximum atomic E-state index is 12.8. The van der Waals surface area contributed by atoms with E-state index in [0.29, 0.717) is 6.54 Å². The van der Waals surface area contributed by atoms with Crippen LogP contribution < -0.4 is 10.2 Å². The molecule has 0 unspecified atom stereocenters. The van der Waals surface area contributed by atoms with Gasteiger partial charge in [0, 0.05) is 26.7 Å².